The van der Waals surface area contributed by atoms with Gasteiger partial charge in [-0.05, 0) is 25.1 Å². The van der Waals surface area contributed by atoms with Crippen molar-refractivity contribution in [2.45, 2.75) is 13.0 Å². The van der Waals surface area contributed by atoms with Gasteiger partial charge in [0.15, 0.2) is 0 Å². The summed E-state index contributed by atoms with van der Waals surface area (Å²) in [6, 6.07) is 3.67. The molecule has 6 nitrogen and oxygen atoms in total. The zero-order valence-corrected chi connectivity index (χ0v) is 10.8. The molecule has 6 heteroatoms. The van der Waals surface area contributed by atoms with Crippen LogP contribution in [-0.4, -0.2) is 30.3 Å². The molecule has 1 aromatic carbocycles. The molecule has 1 rings (SSSR count). The van der Waals surface area contributed by atoms with E-state index in [4.69, 9.17) is 9.84 Å². The predicted molar refractivity (Wildman–Crippen MR) is 71.8 cm³/mol. The lowest BCUT2D eigenvalue weighted by atomic mass is 10.1. The number of aromatic carboxylic acids is 1. The van der Waals surface area contributed by atoms with E-state index in [0.717, 1.165) is 0 Å². The van der Waals surface area contributed by atoms with Crippen molar-refractivity contribution in [3.8, 4) is 5.75 Å². The number of methoxy groups -OCH3 is 1. The molecule has 0 aromatic heterocycles. The van der Waals surface area contributed by atoms with Crippen LogP contribution in [0.4, 0.5) is 10.5 Å². The van der Waals surface area contributed by atoms with Crippen molar-refractivity contribution >= 4 is 17.7 Å². The summed E-state index contributed by atoms with van der Waals surface area (Å²) in [6.45, 7) is 5.28. The Kier molecular flexibility index (Phi) is 4.93. The number of hydrogen-bond donors (Lipinski definition) is 3. The van der Waals surface area contributed by atoms with Crippen molar-refractivity contribution < 1.29 is 19.4 Å². The Bertz CT molecular complexity index is 499. The average Bonchev–Trinajstić information content (AvgIpc) is 2.38. The molecule has 19 heavy (non-hydrogen) atoms. The first kappa shape index (κ1) is 14.6. The van der Waals surface area contributed by atoms with E-state index in [0.29, 0.717) is 5.75 Å². The standard InChI is InChI=1S/C13H16N2O4/c1-4-8(2)14-13(18)15-11-6-5-9(19-3)7-10(11)12(16)17/h4-8H,1H2,2-3H3,(H,16,17)(H2,14,15,18). The van der Waals surface area contributed by atoms with E-state index in [1.807, 2.05) is 0 Å². The second-order valence-corrected chi connectivity index (χ2v) is 3.84. The van der Waals surface area contributed by atoms with E-state index in [9.17, 15) is 9.59 Å². The van der Waals surface area contributed by atoms with Crippen molar-refractivity contribution in [2.24, 2.45) is 0 Å². The summed E-state index contributed by atoms with van der Waals surface area (Å²) in [5, 5.41) is 14.1. The number of hydrogen-bond acceptors (Lipinski definition) is 3. The Morgan fingerprint density at radius 2 is 2.16 bits per heavy atom. The van der Waals surface area contributed by atoms with Crippen molar-refractivity contribution in [3.05, 3.63) is 36.4 Å². The molecule has 1 aromatic rings. The molecule has 0 saturated carbocycles. The number of nitrogens with one attached hydrogen (secondary N) is 2. The van der Waals surface area contributed by atoms with Gasteiger partial charge in [-0.15, -0.1) is 6.58 Å². The van der Waals surface area contributed by atoms with Crippen LogP contribution in [0.2, 0.25) is 0 Å². The van der Waals surface area contributed by atoms with Gasteiger partial charge in [0.2, 0.25) is 0 Å². The Balaban J connectivity index is 2.91. The topological polar surface area (TPSA) is 87.7 Å². The fraction of sp³-hybridized carbons (Fsp3) is 0.231. The number of carboxylic acids is 1. The molecule has 0 aliphatic carbocycles. The molecule has 2 amide bonds. The first-order valence-electron chi connectivity index (χ1n) is 5.59. The van der Waals surface area contributed by atoms with Gasteiger partial charge in [-0.3, -0.25) is 0 Å². The molecule has 0 radical (unpaired) electrons. The van der Waals surface area contributed by atoms with Gasteiger partial charge in [0.05, 0.1) is 18.4 Å². The molecule has 0 aliphatic rings. The van der Waals surface area contributed by atoms with Gasteiger partial charge >= 0.3 is 12.0 Å². The molecule has 0 bridgehead atoms. The summed E-state index contributed by atoms with van der Waals surface area (Å²) in [6.07, 6.45) is 1.56. The van der Waals surface area contributed by atoms with Crippen molar-refractivity contribution in [1.82, 2.24) is 5.32 Å². The fourth-order valence-electron chi connectivity index (χ4n) is 1.36. The molecule has 0 spiro atoms. The number of anilines is 1. The van der Waals surface area contributed by atoms with Crippen molar-refractivity contribution in [1.29, 1.82) is 0 Å². The molecule has 1 unspecified atom stereocenters. The molecular formula is C13H16N2O4. The van der Waals surface area contributed by atoms with Crippen LogP contribution in [0.1, 0.15) is 17.3 Å². The molecule has 0 fully saturated rings. The maximum absolute atomic E-state index is 11.6. The Morgan fingerprint density at radius 1 is 1.47 bits per heavy atom. The van der Waals surface area contributed by atoms with E-state index >= 15 is 0 Å². The third-order valence-electron chi connectivity index (χ3n) is 2.42. The zero-order chi connectivity index (χ0) is 14.4. The highest BCUT2D eigenvalue weighted by Crippen LogP contribution is 2.22. The molecule has 0 aliphatic heterocycles. The van der Waals surface area contributed by atoms with Gasteiger partial charge in [-0.1, -0.05) is 6.08 Å². The van der Waals surface area contributed by atoms with E-state index in [-0.39, 0.29) is 17.3 Å². The number of urea groups is 1. The SMILES string of the molecule is C=CC(C)NC(=O)Nc1ccc(OC)cc1C(=O)O. The van der Waals surface area contributed by atoms with Crippen LogP contribution in [0.5, 0.6) is 5.75 Å². The molecule has 0 saturated heterocycles. The fourth-order valence-corrected chi connectivity index (χ4v) is 1.36. The lowest BCUT2D eigenvalue weighted by Crippen LogP contribution is -2.35. The summed E-state index contributed by atoms with van der Waals surface area (Å²) in [5.41, 5.74) is 0.155. The third kappa shape index (κ3) is 4.02. The van der Waals surface area contributed by atoms with Gasteiger partial charge in [0, 0.05) is 6.04 Å². The largest absolute Gasteiger partial charge is 0.497 e. The van der Waals surface area contributed by atoms with E-state index < -0.39 is 12.0 Å². The highest BCUT2D eigenvalue weighted by Gasteiger charge is 2.14. The normalized spacial score (nSPS) is 11.3. The summed E-state index contributed by atoms with van der Waals surface area (Å²) in [5.74, 6) is -0.742. The number of ether oxygens (including phenoxy) is 1. The van der Waals surface area contributed by atoms with Crippen LogP contribution >= 0.6 is 0 Å². The van der Waals surface area contributed by atoms with E-state index in [2.05, 4.69) is 17.2 Å². The summed E-state index contributed by atoms with van der Waals surface area (Å²) in [7, 11) is 1.44. The number of benzene rings is 1. The molecule has 102 valence electrons. The smallest absolute Gasteiger partial charge is 0.337 e. The van der Waals surface area contributed by atoms with Crippen LogP contribution in [0.3, 0.4) is 0 Å². The van der Waals surface area contributed by atoms with Gasteiger partial charge in [0.1, 0.15) is 5.75 Å². The van der Waals surface area contributed by atoms with Gasteiger partial charge in [-0.2, -0.15) is 0 Å². The molecule has 0 heterocycles. The van der Waals surface area contributed by atoms with E-state index in [1.165, 1.54) is 19.2 Å². The monoisotopic (exact) mass is 264 g/mol. The lowest BCUT2D eigenvalue weighted by molar-refractivity contribution is 0.0697. The summed E-state index contributed by atoms with van der Waals surface area (Å²) < 4.78 is 4.94. The number of rotatable bonds is 5. The Hall–Kier alpha value is -2.50. The second kappa shape index (κ2) is 6.44. The lowest BCUT2D eigenvalue weighted by Gasteiger charge is -2.13. The van der Waals surface area contributed by atoms with Gasteiger partial charge in [-0.25, -0.2) is 9.59 Å². The minimum absolute atomic E-state index is 0.0410. The second-order valence-electron chi connectivity index (χ2n) is 3.84. The van der Waals surface area contributed by atoms with Gasteiger partial charge < -0.3 is 20.5 Å². The minimum atomic E-state index is -1.15. The first-order valence-corrected chi connectivity index (χ1v) is 5.59. The van der Waals surface area contributed by atoms with Crippen molar-refractivity contribution in [2.75, 3.05) is 12.4 Å². The third-order valence-corrected chi connectivity index (χ3v) is 2.42. The number of amides is 2. The zero-order valence-electron chi connectivity index (χ0n) is 10.8. The number of carbonyl (C=O) groups is 2. The quantitative estimate of drug-likeness (QED) is 0.710. The Labute approximate surface area is 111 Å². The van der Waals surface area contributed by atoms with Crippen molar-refractivity contribution in [3.63, 3.8) is 0 Å². The highest BCUT2D eigenvalue weighted by molar-refractivity contribution is 6.00. The van der Waals surface area contributed by atoms with E-state index in [1.54, 1.807) is 19.1 Å². The number of carboxylic acid groups (broad SMARTS) is 1. The Morgan fingerprint density at radius 3 is 2.68 bits per heavy atom. The van der Waals surface area contributed by atoms with Crippen LogP contribution in [0.25, 0.3) is 0 Å². The highest BCUT2D eigenvalue weighted by atomic mass is 16.5. The maximum Gasteiger partial charge on any atom is 0.337 e. The van der Waals surface area contributed by atoms with Gasteiger partial charge in [0.25, 0.3) is 0 Å². The van der Waals surface area contributed by atoms with Crippen LogP contribution < -0.4 is 15.4 Å². The maximum atomic E-state index is 11.6. The molecular weight excluding hydrogens is 248 g/mol. The van der Waals surface area contributed by atoms with Crippen LogP contribution in [0.15, 0.2) is 30.9 Å². The average molecular weight is 264 g/mol. The van der Waals surface area contributed by atoms with Crippen LogP contribution in [-0.2, 0) is 0 Å². The molecule has 1 atom stereocenters. The molecule has 3 N–H and O–H groups in total. The van der Waals surface area contributed by atoms with Crippen LogP contribution in [0, 0.1) is 0 Å². The minimum Gasteiger partial charge on any atom is -0.497 e. The number of carbonyl (C=O) groups excluding carboxylic acids is 1. The summed E-state index contributed by atoms with van der Waals surface area (Å²) >= 11 is 0. The first-order chi connectivity index (χ1) is 8.97. The predicted octanol–water partition coefficient (Wildman–Crippen LogP) is 2.09. The summed E-state index contributed by atoms with van der Waals surface area (Å²) in [4.78, 5) is 22.7.